The first kappa shape index (κ1) is 65.3. The normalized spacial score (nSPS) is 13.1. The first-order valence-electron chi connectivity index (χ1n) is 30.4. The molecule has 0 aromatic heterocycles. The molecule has 0 spiro atoms. The van der Waals surface area contributed by atoms with Gasteiger partial charge in [-0.1, -0.05) is 300 Å². The molecule has 0 saturated heterocycles. The van der Waals surface area contributed by atoms with Crippen molar-refractivity contribution in [1.29, 1.82) is 0 Å². The zero-order valence-corrected chi connectivity index (χ0v) is 45.4. The highest BCUT2D eigenvalue weighted by Crippen LogP contribution is 2.18. The van der Waals surface area contributed by atoms with E-state index in [0.717, 1.165) is 38.5 Å². The molecule has 0 saturated carbocycles. The minimum atomic E-state index is -0.868. The van der Waals surface area contributed by atoms with Gasteiger partial charge in [0.1, 0.15) is 0 Å². The number of aliphatic hydroxyl groups excluding tert-OH is 2. The molecule has 3 N–H and O–H groups in total. The molecule has 2 atom stereocenters. The van der Waals surface area contributed by atoms with Crippen molar-refractivity contribution in [3.8, 4) is 0 Å². The number of hydrogen-bond donors (Lipinski definition) is 3. The van der Waals surface area contributed by atoms with Crippen molar-refractivity contribution in [3.05, 3.63) is 48.6 Å². The third-order valence-electron chi connectivity index (χ3n) is 14.0. The first-order chi connectivity index (χ1) is 33.2. The predicted octanol–water partition coefficient (Wildman–Crippen LogP) is 20.2. The Balaban J connectivity index is 3.37. The lowest BCUT2D eigenvalue weighted by atomic mass is 10.0. The van der Waals surface area contributed by atoms with Crippen LogP contribution in [-0.2, 0) is 4.79 Å². The molecule has 0 bridgehead atoms. The number of unbranched alkanes of at least 4 members (excludes halogenated alkanes) is 43. The van der Waals surface area contributed by atoms with E-state index in [2.05, 4.69) is 55.6 Å². The van der Waals surface area contributed by atoms with E-state index in [1.807, 2.05) is 6.08 Å². The fourth-order valence-corrected chi connectivity index (χ4v) is 9.39. The van der Waals surface area contributed by atoms with Gasteiger partial charge in [-0.3, -0.25) is 4.79 Å². The Hall–Kier alpha value is -1.65. The summed E-state index contributed by atoms with van der Waals surface area (Å²) in [4.78, 5) is 12.4. The maximum Gasteiger partial charge on any atom is 0.220 e. The summed E-state index contributed by atoms with van der Waals surface area (Å²) in [6.07, 6.45) is 81.8. The highest BCUT2D eigenvalue weighted by Gasteiger charge is 2.18. The molecule has 4 heteroatoms. The molecule has 0 aliphatic rings. The topological polar surface area (TPSA) is 69.6 Å². The quantitative estimate of drug-likeness (QED) is 0.0420. The SMILES string of the molecule is CCCCCC/C=C/CC/C=C/CC/C=C/C(O)C(CO)NC(=O)CCCCCCCCCCCCCCCCCCCCCCCCCCCCCCC/C=C\CCCCCCCCCC. The highest BCUT2D eigenvalue weighted by atomic mass is 16.3. The highest BCUT2D eigenvalue weighted by molar-refractivity contribution is 5.76. The van der Waals surface area contributed by atoms with Gasteiger partial charge in [0, 0.05) is 6.42 Å². The minimum Gasteiger partial charge on any atom is -0.394 e. The fourth-order valence-electron chi connectivity index (χ4n) is 9.39. The largest absolute Gasteiger partial charge is 0.394 e. The van der Waals surface area contributed by atoms with Gasteiger partial charge in [-0.25, -0.2) is 0 Å². The van der Waals surface area contributed by atoms with Crippen molar-refractivity contribution in [1.82, 2.24) is 5.32 Å². The number of carbonyl (C=O) groups is 1. The van der Waals surface area contributed by atoms with Gasteiger partial charge in [0.25, 0.3) is 0 Å². The van der Waals surface area contributed by atoms with E-state index in [4.69, 9.17) is 0 Å². The second-order valence-corrected chi connectivity index (χ2v) is 20.7. The van der Waals surface area contributed by atoms with E-state index in [1.165, 1.54) is 270 Å². The lowest BCUT2D eigenvalue weighted by molar-refractivity contribution is -0.123. The van der Waals surface area contributed by atoms with Gasteiger partial charge in [0.15, 0.2) is 0 Å². The molecular weight excluding hydrogens is 819 g/mol. The summed E-state index contributed by atoms with van der Waals surface area (Å²) < 4.78 is 0. The van der Waals surface area contributed by atoms with Crippen molar-refractivity contribution in [3.63, 3.8) is 0 Å². The van der Waals surface area contributed by atoms with Crippen LogP contribution in [0.5, 0.6) is 0 Å². The average molecular weight is 939 g/mol. The second-order valence-electron chi connectivity index (χ2n) is 20.7. The summed E-state index contributed by atoms with van der Waals surface area (Å²) in [5, 5.41) is 23.1. The van der Waals surface area contributed by atoms with Crippen LogP contribution < -0.4 is 5.32 Å². The molecule has 1 amide bonds. The lowest BCUT2D eigenvalue weighted by Gasteiger charge is -2.19. The van der Waals surface area contributed by atoms with E-state index in [1.54, 1.807) is 6.08 Å². The smallest absolute Gasteiger partial charge is 0.220 e. The summed E-state index contributed by atoms with van der Waals surface area (Å²) in [6, 6.07) is -0.644. The minimum absolute atomic E-state index is 0.0738. The molecule has 0 aromatic rings. The summed E-state index contributed by atoms with van der Waals surface area (Å²) >= 11 is 0. The number of amides is 1. The molecule has 0 fully saturated rings. The number of hydrogen-bond acceptors (Lipinski definition) is 3. The summed E-state index contributed by atoms with van der Waals surface area (Å²) in [6.45, 7) is 4.29. The van der Waals surface area contributed by atoms with E-state index >= 15 is 0 Å². The number of carbonyl (C=O) groups excluding carboxylic acids is 1. The van der Waals surface area contributed by atoms with Crippen LogP contribution in [-0.4, -0.2) is 34.9 Å². The maximum absolute atomic E-state index is 12.4. The predicted molar refractivity (Wildman–Crippen MR) is 299 cm³/mol. The molecule has 0 rings (SSSR count). The first-order valence-corrected chi connectivity index (χ1v) is 30.4. The molecule has 0 radical (unpaired) electrons. The van der Waals surface area contributed by atoms with Crippen molar-refractivity contribution in [2.75, 3.05) is 6.61 Å². The van der Waals surface area contributed by atoms with Gasteiger partial charge < -0.3 is 15.5 Å². The van der Waals surface area contributed by atoms with Crippen LogP contribution in [0.1, 0.15) is 328 Å². The summed E-state index contributed by atoms with van der Waals surface area (Å²) in [5.74, 6) is -0.0738. The third kappa shape index (κ3) is 55.2. The number of aliphatic hydroxyl groups is 2. The Morgan fingerprint density at radius 2 is 0.582 bits per heavy atom. The van der Waals surface area contributed by atoms with Gasteiger partial charge >= 0.3 is 0 Å². The summed E-state index contributed by atoms with van der Waals surface area (Å²) in [5.41, 5.74) is 0. The van der Waals surface area contributed by atoms with Crippen LogP contribution in [0.25, 0.3) is 0 Å². The van der Waals surface area contributed by atoms with Crippen molar-refractivity contribution >= 4 is 5.91 Å². The number of nitrogens with one attached hydrogen (secondary N) is 1. The Labute approximate surface area is 420 Å². The van der Waals surface area contributed by atoms with E-state index in [0.29, 0.717) is 6.42 Å². The van der Waals surface area contributed by atoms with Crippen LogP contribution in [0.2, 0.25) is 0 Å². The van der Waals surface area contributed by atoms with Crippen molar-refractivity contribution in [2.24, 2.45) is 0 Å². The Morgan fingerprint density at radius 1 is 0.343 bits per heavy atom. The van der Waals surface area contributed by atoms with Gasteiger partial charge in [0.05, 0.1) is 18.8 Å². The zero-order chi connectivity index (χ0) is 48.5. The van der Waals surface area contributed by atoms with Gasteiger partial charge in [0.2, 0.25) is 5.91 Å². The Kier molecular flexibility index (Phi) is 57.2. The monoisotopic (exact) mass is 938 g/mol. The molecule has 0 aliphatic carbocycles. The fraction of sp³-hybridized carbons (Fsp3) is 0.857. The van der Waals surface area contributed by atoms with Crippen LogP contribution in [0.3, 0.4) is 0 Å². The van der Waals surface area contributed by atoms with E-state index < -0.39 is 12.1 Å². The molecular formula is C63H119NO3. The average Bonchev–Trinajstić information content (AvgIpc) is 3.33. The van der Waals surface area contributed by atoms with E-state index in [9.17, 15) is 15.0 Å². The molecule has 0 aromatic carbocycles. The van der Waals surface area contributed by atoms with Crippen molar-refractivity contribution in [2.45, 2.75) is 341 Å². The lowest BCUT2D eigenvalue weighted by Crippen LogP contribution is -2.45. The van der Waals surface area contributed by atoms with E-state index in [-0.39, 0.29) is 12.5 Å². The number of rotatable bonds is 56. The molecule has 67 heavy (non-hydrogen) atoms. The van der Waals surface area contributed by atoms with Crippen LogP contribution in [0, 0.1) is 0 Å². The summed E-state index contributed by atoms with van der Waals surface area (Å²) in [7, 11) is 0. The number of allylic oxidation sites excluding steroid dienone is 7. The van der Waals surface area contributed by atoms with Gasteiger partial charge in [-0.15, -0.1) is 0 Å². The standard InChI is InChI=1S/C63H119NO3/c1-3-5-7-9-11-13-15-17-19-20-21-22-23-24-25-26-27-28-29-30-31-32-33-34-35-36-37-38-39-40-41-42-43-44-45-47-49-51-53-55-57-59-63(67)64-61(60-65)62(66)58-56-54-52-50-48-46-18-16-14-12-10-8-6-4-2/h14,16,20-21,48,50,56,58,61-62,65-66H,3-13,15,17-19,22-47,49,51-55,57,59-60H2,1-2H3,(H,64,67)/b16-14+,21-20-,50-48+,58-56+. The maximum atomic E-state index is 12.4. The molecule has 4 nitrogen and oxygen atoms in total. The molecule has 2 unspecified atom stereocenters. The molecule has 0 aliphatic heterocycles. The van der Waals surface area contributed by atoms with Gasteiger partial charge in [-0.05, 0) is 70.6 Å². The van der Waals surface area contributed by atoms with Gasteiger partial charge in [-0.2, -0.15) is 0 Å². The zero-order valence-electron chi connectivity index (χ0n) is 45.4. The van der Waals surface area contributed by atoms with Crippen LogP contribution in [0.15, 0.2) is 48.6 Å². The molecule has 394 valence electrons. The van der Waals surface area contributed by atoms with Crippen LogP contribution >= 0.6 is 0 Å². The van der Waals surface area contributed by atoms with Crippen molar-refractivity contribution < 1.29 is 15.0 Å². The molecule has 0 heterocycles. The Morgan fingerprint density at radius 3 is 0.881 bits per heavy atom. The second kappa shape index (κ2) is 58.7. The van der Waals surface area contributed by atoms with Crippen LogP contribution in [0.4, 0.5) is 0 Å². The Bertz CT molecular complexity index is 1060. The third-order valence-corrected chi connectivity index (χ3v) is 14.0.